The number of rotatable bonds is 6. The summed E-state index contributed by atoms with van der Waals surface area (Å²) in [6.07, 6.45) is 0.548. The zero-order valence-electron chi connectivity index (χ0n) is 12.3. The zero-order chi connectivity index (χ0) is 16.9. The van der Waals surface area contributed by atoms with Crippen molar-refractivity contribution in [2.24, 2.45) is 5.10 Å². The van der Waals surface area contributed by atoms with Gasteiger partial charge in [0.1, 0.15) is 0 Å². The molecular weight excluding hydrogens is 318 g/mol. The molecule has 0 saturated carbocycles. The standard InChI is InChI=1S/C15H15N3O4S/c1-2-15(12-6-4-3-5-7-12)16-17-23(21,22)14-10-8-13(9-11-14)18(19)20/h3-11,17H,2H2,1H3/b16-15-. The predicted octanol–water partition coefficient (Wildman–Crippen LogP) is 2.69. The molecule has 1 N–H and O–H groups in total. The van der Waals surface area contributed by atoms with E-state index in [1.807, 2.05) is 37.3 Å². The van der Waals surface area contributed by atoms with Gasteiger partial charge in [0.2, 0.25) is 0 Å². The number of nitrogens with zero attached hydrogens (tertiary/aromatic N) is 2. The predicted molar refractivity (Wildman–Crippen MR) is 86.7 cm³/mol. The van der Waals surface area contributed by atoms with Crippen molar-refractivity contribution in [3.63, 3.8) is 0 Å². The van der Waals surface area contributed by atoms with Crippen LogP contribution in [0.2, 0.25) is 0 Å². The van der Waals surface area contributed by atoms with Crippen LogP contribution in [0.5, 0.6) is 0 Å². The van der Waals surface area contributed by atoms with E-state index in [9.17, 15) is 18.5 Å². The molecule has 2 rings (SSSR count). The number of nitrogens with one attached hydrogen (secondary N) is 1. The van der Waals surface area contributed by atoms with Crippen LogP contribution in [-0.2, 0) is 10.0 Å². The lowest BCUT2D eigenvalue weighted by Gasteiger charge is -2.07. The second-order valence-electron chi connectivity index (χ2n) is 4.62. The van der Waals surface area contributed by atoms with Crippen molar-refractivity contribution in [2.75, 3.05) is 0 Å². The summed E-state index contributed by atoms with van der Waals surface area (Å²) in [5.41, 5.74) is 1.24. The molecule has 2 aromatic rings. The summed E-state index contributed by atoms with van der Waals surface area (Å²) < 4.78 is 24.4. The lowest BCUT2D eigenvalue weighted by molar-refractivity contribution is -0.384. The maximum Gasteiger partial charge on any atom is 0.276 e. The summed E-state index contributed by atoms with van der Waals surface area (Å²) in [6.45, 7) is 1.87. The fraction of sp³-hybridized carbons (Fsp3) is 0.133. The van der Waals surface area contributed by atoms with Crippen molar-refractivity contribution in [1.82, 2.24) is 4.83 Å². The van der Waals surface area contributed by atoms with Gasteiger partial charge in [-0.15, -0.1) is 0 Å². The molecule has 23 heavy (non-hydrogen) atoms. The summed E-state index contributed by atoms with van der Waals surface area (Å²) in [4.78, 5) is 12.1. The SMILES string of the molecule is CC/C(=N/NS(=O)(=O)c1ccc([N+](=O)[O-])cc1)c1ccccc1. The topological polar surface area (TPSA) is 102 Å². The number of hydrazone groups is 1. The fourth-order valence-corrected chi connectivity index (χ4v) is 2.72. The highest BCUT2D eigenvalue weighted by Gasteiger charge is 2.15. The number of hydrogen-bond acceptors (Lipinski definition) is 5. The van der Waals surface area contributed by atoms with Gasteiger partial charge in [-0.05, 0) is 24.1 Å². The molecule has 0 unspecified atom stereocenters. The maximum absolute atomic E-state index is 12.2. The molecule has 0 amide bonds. The molecule has 0 heterocycles. The van der Waals surface area contributed by atoms with E-state index in [1.165, 1.54) is 12.1 Å². The molecule has 0 bridgehead atoms. The zero-order valence-corrected chi connectivity index (χ0v) is 13.2. The monoisotopic (exact) mass is 333 g/mol. The van der Waals surface area contributed by atoms with Crippen LogP contribution in [-0.4, -0.2) is 19.1 Å². The molecule has 7 nitrogen and oxygen atoms in total. The van der Waals surface area contributed by atoms with Crippen LogP contribution < -0.4 is 4.83 Å². The van der Waals surface area contributed by atoms with Crippen LogP contribution in [0.4, 0.5) is 5.69 Å². The van der Waals surface area contributed by atoms with Crippen LogP contribution in [0.3, 0.4) is 0 Å². The first kappa shape index (κ1) is 16.6. The Morgan fingerprint density at radius 3 is 2.26 bits per heavy atom. The Hall–Kier alpha value is -2.74. The molecule has 0 fully saturated rings. The Balaban J connectivity index is 2.23. The highest BCUT2D eigenvalue weighted by atomic mass is 32.2. The van der Waals surface area contributed by atoms with E-state index in [2.05, 4.69) is 9.93 Å². The van der Waals surface area contributed by atoms with Crippen LogP contribution >= 0.6 is 0 Å². The van der Waals surface area contributed by atoms with E-state index < -0.39 is 14.9 Å². The number of sulfonamides is 1. The maximum atomic E-state index is 12.2. The molecule has 0 atom stereocenters. The minimum Gasteiger partial charge on any atom is -0.258 e. The summed E-state index contributed by atoms with van der Waals surface area (Å²) in [7, 11) is -3.88. The molecule has 0 aliphatic carbocycles. The van der Waals surface area contributed by atoms with Crippen molar-refractivity contribution in [3.8, 4) is 0 Å². The van der Waals surface area contributed by atoms with E-state index in [4.69, 9.17) is 0 Å². The number of nitro benzene ring substituents is 1. The van der Waals surface area contributed by atoms with Gasteiger partial charge in [0.25, 0.3) is 15.7 Å². The van der Waals surface area contributed by atoms with Crippen molar-refractivity contribution >= 4 is 21.4 Å². The van der Waals surface area contributed by atoms with Gasteiger partial charge in [-0.1, -0.05) is 37.3 Å². The van der Waals surface area contributed by atoms with Crippen molar-refractivity contribution < 1.29 is 13.3 Å². The number of non-ortho nitro benzene ring substituents is 1. The quantitative estimate of drug-likeness (QED) is 0.499. The summed E-state index contributed by atoms with van der Waals surface area (Å²) >= 11 is 0. The van der Waals surface area contributed by atoms with Gasteiger partial charge in [0.15, 0.2) is 0 Å². The molecule has 8 heteroatoms. The minimum atomic E-state index is -3.88. The Morgan fingerprint density at radius 2 is 1.74 bits per heavy atom. The van der Waals surface area contributed by atoms with E-state index in [1.54, 1.807) is 0 Å². The Kier molecular flexibility index (Phi) is 5.07. The fourth-order valence-electron chi connectivity index (χ4n) is 1.89. The molecule has 2 aromatic carbocycles. The first-order chi connectivity index (χ1) is 10.9. The Morgan fingerprint density at radius 1 is 1.13 bits per heavy atom. The second-order valence-corrected chi connectivity index (χ2v) is 6.28. The Labute approximate surface area is 133 Å². The highest BCUT2D eigenvalue weighted by Crippen LogP contribution is 2.15. The number of nitro groups is 1. The second kappa shape index (κ2) is 7.01. The van der Waals surface area contributed by atoms with Gasteiger partial charge in [-0.25, -0.2) is 0 Å². The lowest BCUT2D eigenvalue weighted by Crippen LogP contribution is -2.20. The summed E-state index contributed by atoms with van der Waals surface area (Å²) in [6, 6.07) is 13.8. The van der Waals surface area contributed by atoms with E-state index >= 15 is 0 Å². The molecule has 0 saturated heterocycles. The number of hydrogen-bond donors (Lipinski definition) is 1. The third-order valence-electron chi connectivity index (χ3n) is 3.10. The highest BCUT2D eigenvalue weighted by molar-refractivity contribution is 7.89. The van der Waals surface area contributed by atoms with Gasteiger partial charge < -0.3 is 0 Å². The lowest BCUT2D eigenvalue weighted by atomic mass is 10.1. The molecule has 0 spiro atoms. The van der Waals surface area contributed by atoms with E-state index in [0.717, 1.165) is 17.7 Å². The molecule has 0 aliphatic heterocycles. The third-order valence-corrected chi connectivity index (χ3v) is 4.32. The van der Waals surface area contributed by atoms with Gasteiger partial charge in [0.05, 0.1) is 15.5 Å². The molecule has 0 radical (unpaired) electrons. The van der Waals surface area contributed by atoms with E-state index in [-0.39, 0.29) is 10.6 Å². The number of benzene rings is 2. The first-order valence-electron chi connectivity index (χ1n) is 6.82. The average molecular weight is 333 g/mol. The normalized spacial score (nSPS) is 12.0. The van der Waals surface area contributed by atoms with Crippen molar-refractivity contribution in [2.45, 2.75) is 18.2 Å². The average Bonchev–Trinajstić information content (AvgIpc) is 2.56. The van der Waals surface area contributed by atoms with Crippen molar-refractivity contribution in [3.05, 3.63) is 70.3 Å². The first-order valence-corrected chi connectivity index (χ1v) is 8.30. The molecule has 0 aromatic heterocycles. The van der Waals surface area contributed by atoms with Gasteiger partial charge in [-0.2, -0.15) is 18.4 Å². The van der Waals surface area contributed by atoms with Crippen LogP contribution in [0.25, 0.3) is 0 Å². The largest absolute Gasteiger partial charge is 0.276 e. The summed E-state index contributed by atoms with van der Waals surface area (Å²) in [5.74, 6) is 0. The van der Waals surface area contributed by atoms with Gasteiger partial charge >= 0.3 is 0 Å². The molecular formula is C15H15N3O4S. The third kappa shape index (κ3) is 4.13. The van der Waals surface area contributed by atoms with Gasteiger partial charge in [0, 0.05) is 12.1 Å². The minimum absolute atomic E-state index is 0.0876. The van der Waals surface area contributed by atoms with Crippen LogP contribution in [0.15, 0.2) is 64.6 Å². The Bertz CT molecular complexity index is 816. The van der Waals surface area contributed by atoms with Crippen LogP contribution in [0, 0.1) is 10.1 Å². The van der Waals surface area contributed by atoms with Crippen molar-refractivity contribution in [1.29, 1.82) is 0 Å². The van der Waals surface area contributed by atoms with E-state index in [0.29, 0.717) is 12.1 Å². The van der Waals surface area contributed by atoms with Gasteiger partial charge in [-0.3, -0.25) is 10.1 Å². The summed E-state index contributed by atoms with van der Waals surface area (Å²) in [5, 5.41) is 14.6. The smallest absolute Gasteiger partial charge is 0.258 e. The molecule has 120 valence electrons. The molecule has 0 aliphatic rings. The van der Waals surface area contributed by atoms with Crippen LogP contribution in [0.1, 0.15) is 18.9 Å².